The molecule has 150 valence electrons. The van der Waals surface area contributed by atoms with Gasteiger partial charge in [-0.25, -0.2) is 0 Å². The second kappa shape index (κ2) is 10.0. The lowest BCUT2D eigenvalue weighted by Gasteiger charge is -2.26. The van der Waals surface area contributed by atoms with Crippen molar-refractivity contribution in [1.29, 1.82) is 0 Å². The highest BCUT2D eigenvalue weighted by atomic mass is 16.2. The van der Waals surface area contributed by atoms with Gasteiger partial charge < -0.3 is 16.0 Å². The molecule has 3 N–H and O–H groups in total. The van der Waals surface area contributed by atoms with E-state index in [-0.39, 0.29) is 23.8 Å². The Balaban J connectivity index is 1.94. The molecule has 2 rings (SSSR count). The Morgan fingerprint density at radius 2 is 1.61 bits per heavy atom. The molecule has 0 aromatic heterocycles. The van der Waals surface area contributed by atoms with Crippen molar-refractivity contribution in [1.82, 2.24) is 10.2 Å². The van der Waals surface area contributed by atoms with Gasteiger partial charge >= 0.3 is 0 Å². The summed E-state index contributed by atoms with van der Waals surface area (Å²) in [7, 11) is 4.01. The summed E-state index contributed by atoms with van der Waals surface area (Å²) in [6, 6.07) is 17.6. The largest absolute Gasteiger partial charge is 0.366 e. The van der Waals surface area contributed by atoms with E-state index in [9.17, 15) is 9.59 Å². The number of hydrogen-bond donors (Lipinski definition) is 2. The van der Waals surface area contributed by atoms with Gasteiger partial charge in [-0.1, -0.05) is 56.3 Å². The summed E-state index contributed by atoms with van der Waals surface area (Å²) in [4.78, 5) is 26.0. The number of nitrogens with one attached hydrogen (secondary N) is 1. The average molecular weight is 382 g/mol. The normalized spacial score (nSPS) is 14.3. The Kier molecular flexibility index (Phi) is 7.76. The van der Waals surface area contributed by atoms with Crippen LogP contribution < -0.4 is 11.1 Å². The maximum atomic E-state index is 12.7. The molecule has 1 unspecified atom stereocenters. The van der Waals surface area contributed by atoms with Crippen molar-refractivity contribution in [2.75, 3.05) is 20.6 Å². The van der Waals surface area contributed by atoms with E-state index < -0.39 is 5.91 Å². The Bertz CT molecular complexity index is 772. The van der Waals surface area contributed by atoms with Crippen LogP contribution in [0.25, 0.3) is 0 Å². The van der Waals surface area contributed by atoms with E-state index in [1.165, 1.54) is 5.56 Å². The van der Waals surface area contributed by atoms with Gasteiger partial charge in [-0.2, -0.15) is 0 Å². The third kappa shape index (κ3) is 5.92. The zero-order valence-electron chi connectivity index (χ0n) is 17.2. The molecular weight excluding hydrogens is 350 g/mol. The maximum absolute atomic E-state index is 12.7. The molecule has 0 aliphatic rings. The van der Waals surface area contributed by atoms with E-state index in [0.29, 0.717) is 12.1 Å². The number of nitrogens with zero attached hydrogens (tertiary/aromatic N) is 1. The molecule has 5 heteroatoms. The van der Waals surface area contributed by atoms with Crippen molar-refractivity contribution in [3.05, 3.63) is 71.3 Å². The van der Waals surface area contributed by atoms with Crippen molar-refractivity contribution in [3.8, 4) is 0 Å². The van der Waals surface area contributed by atoms with Gasteiger partial charge in [0.15, 0.2) is 0 Å². The Morgan fingerprint density at radius 3 is 2.14 bits per heavy atom. The van der Waals surface area contributed by atoms with Gasteiger partial charge in [-0.3, -0.25) is 9.59 Å². The highest BCUT2D eigenvalue weighted by Crippen LogP contribution is 2.23. The van der Waals surface area contributed by atoms with Gasteiger partial charge in [0.1, 0.15) is 0 Å². The van der Waals surface area contributed by atoms with Gasteiger partial charge in [-0.15, -0.1) is 0 Å². The highest BCUT2D eigenvalue weighted by molar-refractivity contribution is 5.92. The monoisotopic (exact) mass is 381 g/mol. The summed E-state index contributed by atoms with van der Waals surface area (Å²) >= 11 is 0. The molecule has 0 aliphatic carbocycles. The smallest absolute Gasteiger partial charge is 0.248 e. The van der Waals surface area contributed by atoms with Crippen LogP contribution in [0.15, 0.2) is 54.6 Å². The zero-order chi connectivity index (χ0) is 20.7. The molecule has 2 aromatic carbocycles. The van der Waals surface area contributed by atoms with Gasteiger partial charge in [0.05, 0.1) is 0 Å². The van der Waals surface area contributed by atoms with Crippen LogP contribution in [-0.2, 0) is 11.2 Å². The number of rotatable bonds is 9. The number of primary amides is 1. The molecule has 0 heterocycles. The van der Waals surface area contributed by atoms with Crippen LogP contribution in [0.2, 0.25) is 0 Å². The number of carbonyl (C=O) groups excluding carboxylic acids is 2. The summed E-state index contributed by atoms with van der Waals surface area (Å²) in [5.41, 5.74) is 8.07. The van der Waals surface area contributed by atoms with Gasteiger partial charge in [0, 0.05) is 24.1 Å². The molecule has 0 aliphatic heterocycles. The summed E-state index contributed by atoms with van der Waals surface area (Å²) < 4.78 is 0. The first-order valence-corrected chi connectivity index (χ1v) is 9.67. The summed E-state index contributed by atoms with van der Waals surface area (Å²) in [6.45, 7) is 4.62. The summed E-state index contributed by atoms with van der Waals surface area (Å²) in [6.07, 6.45) is 0.773. The first-order chi connectivity index (χ1) is 13.3. The van der Waals surface area contributed by atoms with E-state index in [0.717, 1.165) is 12.0 Å². The van der Waals surface area contributed by atoms with E-state index in [1.54, 1.807) is 12.1 Å². The van der Waals surface area contributed by atoms with Gasteiger partial charge in [0.2, 0.25) is 11.8 Å². The average Bonchev–Trinajstić information content (AvgIpc) is 2.70. The van der Waals surface area contributed by atoms with Crippen molar-refractivity contribution in [2.45, 2.75) is 32.2 Å². The molecule has 0 radical (unpaired) electrons. The number of likely N-dealkylation sites (N-methyl/N-ethyl adjacent to an activating group) is 1. The lowest BCUT2D eigenvalue weighted by Crippen LogP contribution is -2.43. The van der Waals surface area contributed by atoms with Crippen molar-refractivity contribution in [2.24, 2.45) is 11.7 Å². The number of amides is 2. The van der Waals surface area contributed by atoms with Gasteiger partial charge in [0.25, 0.3) is 0 Å². The van der Waals surface area contributed by atoms with Crippen LogP contribution in [-0.4, -0.2) is 43.4 Å². The second-order valence-corrected chi connectivity index (χ2v) is 7.62. The van der Waals surface area contributed by atoms with Crippen LogP contribution in [0.4, 0.5) is 0 Å². The van der Waals surface area contributed by atoms with Crippen molar-refractivity contribution in [3.63, 3.8) is 0 Å². The van der Waals surface area contributed by atoms with Crippen molar-refractivity contribution < 1.29 is 9.59 Å². The van der Waals surface area contributed by atoms with Gasteiger partial charge in [-0.05, 0) is 49.7 Å². The fraction of sp³-hybridized carbons (Fsp3) is 0.391. The van der Waals surface area contributed by atoms with E-state index in [1.807, 2.05) is 51.4 Å². The van der Waals surface area contributed by atoms with E-state index in [2.05, 4.69) is 29.3 Å². The molecule has 0 bridgehead atoms. The summed E-state index contributed by atoms with van der Waals surface area (Å²) in [5, 5.41) is 3.11. The SMILES string of the molecule is CC(c1ccccc1)[C@H](C)C(=O)NC[C@H](Cc1ccc(C(N)=O)cc1)N(C)C. The third-order valence-electron chi connectivity index (χ3n) is 5.44. The molecule has 2 amide bonds. The van der Waals surface area contributed by atoms with Crippen molar-refractivity contribution >= 4 is 11.8 Å². The fourth-order valence-electron chi connectivity index (χ4n) is 3.17. The maximum Gasteiger partial charge on any atom is 0.248 e. The standard InChI is InChI=1S/C23H31N3O2/c1-16(19-8-6-5-7-9-19)17(2)23(28)25-15-21(26(3)4)14-18-10-12-20(13-11-18)22(24)27/h5-13,16-17,21H,14-15H2,1-4H3,(H2,24,27)(H,25,28)/t16?,17-,21-/m0/s1. The topological polar surface area (TPSA) is 75.4 Å². The lowest BCUT2D eigenvalue weighted by atomic mass is 9.88. The minimum Gasteiger partial charge on any atom is -0.366 e. The number of benzene rings is 2. The highest BCUT2D eigenvalue weighted by Gasteiger charge is 2.22. The Labute approximate surface area is 167 Å². The molecule has 0 saturated carbocycles. The first kappa shape index (κ1) is 21.6. The molecule has 2 aromatic rings. The minimum atomic E-state index is -0.426. The fourth-order valence-corrected chi connectivity index (χ4v) is 3.17. The van der Waals surface area contributed by atoms with Crippen LogP contribution in [0, 0.1) is 5.92 Å². The number of hydrogen-bond acceptors (Lipinski definition) is 3. The Hall–Kier alpha value is -2.66. The predicted molar refractivity (Wildman–Crippen MR) is 113 cm³/mol. The molecule has 0 fully saturated rings. The van der Waals surface area contributed by atoms with Crippen LogP contribution in [0.1, 0.15) is 41.3 Å². The van der Waals surface area contributed by atoms with Crippen LogP contribution in [0.5, 0.6) is 0 Å². The molecule has 3 atom stereocenters. The van der Waals surface area contributed by atoms with Crippen LogP contribution in [0.3, 0.4) is 0 Å². The number of carbonyl (C=O) groups is 2. The lowest BCUT2D eigenvalue weighted by molar-refractivity contribution is -0.125. The van der Waals surface area contributed by atoms with Crippen LogP contribution >= 0.6 is 0 Å². The zero-order valence-corrected chi connectivity index (χ0v) is 17.2. The second-order valence-electron chi connectivity index (χ2n) is 7.62. The van der Waals surface area contributed by atoms with E-state index in [4.69, 9.17) is 5.73 Å². The quantitative estimate of drug-likeness (QED) is 0.701. The molecule has 0 saturated heterocycles. The minimum absolute atomic E-state index is 0.0623. The molecular formula is C23H31N3O2. The van der Waals surface area contributed by atoms with E-state index >= 15 is 0 Å². The number of nitrogens with two attached hydrogens (primary N) is 1. The first-order valence-electron chi connectivity index (χ1n) is 9.67. The predicted octanol–water partition coefficient (Wildman–Crippen LogP) is 2.81. The molecule has 28 heavy (non-hydrogen) atoms. The molecule has 5 nitrogen and oxygen atoms in total. The Morgan fingerprint density at radius 1 is 1.00 bits per heavy atom. The molecule has 0 spiro atoms. The summed E-state index contributed by atoms with van der Waals surface area (Å²) in [5.74, 6) is -0.322. The third-order valence-corrected chi connectivity index (χ3v) is 5.44.